The second-order valence-corrected chi connectivity index (χ2v) is 4.18. The highest BCUT2D eigenvalue weighted by Gasteiger charge is 2.30. The van der Waals surface area contributed by atoms with E-state index in [-0.39, 0.29) is 18.0 Å². The number of Topliss-reactive ketones (excluding diaryl/α,β-unsaturated/α-hetero) is 1. The van der Waals surface area contributed by atoms with Gasteiger partial charge >= 0.3 is 6.36 Å². The third-order valence-electron chi connectivity index (χ3n) is 2.62. The lowest BCUT2D eigenvalue weighted by atomic mass is 10.1. The molecule has 20 heavy (non-hydrogen) atoms. The first-order valence-corrected chi connectivity index (χ1v) is 5.69. The Kier molecular flexibility index (Phi) is 3.78. The zero-order chi connectivity index (χ0) is 14.8. The number of ether oxygens (including phenoxy) is 1. The highest BCUT2D eigenvalue weighted by Crippen LogP contribution is 2.23. The van der Waals surface area contributed by atoms with Crippen molar-refractivity contribution in [3.8, 4) is 5.75 Å². The highest BCUT2D eigenvalue weighted by atomic mass is 19.4. The fourth-order valence-electron chi connectivity index (χ4n) is 1.71. The summed E-state index contributed by atoms with van der Waals surface area (Å²) in [6, 6.07) is 5.21. The number of hydrogen-bond donors (Lipinski definition) is 0. The fourth-order valence-corrected chi connectivity index (χ4v) is 1.71. The predicted molar refractivity (Wildman–Crippen MR) is 64.4 cm³/mol. The van der Waals surface area contributed by atoms with Gasteiger partial charge < -0.3 is 9.30 Å². The van der Waals surface area contributed by atoms with Crippen LogP contribution < -0.4 is 4.74 Å². The van der Waals surface area contributed by atoms with Gasteiger partial charge in [0.05, 0.1) is 12.5 Å². The molecule has 0 N–H and O–H groups in total. The minimum absolute atomic E-state index is 0.0891. The normalized spacial score (nSPS) is 11.4. The molecule has 0 aliphatic heterocycles. The Balaban J connectivity index is 2.04. The van der Waals surface area contributed by atoms with E-state index in [9.17, 15) is 18.0 Å². The standard InChI is InChI=1S/C13H11F3N2O2/c1-18-8-17-7-11(18)12(19)6-9-2-4-10(5-3-9)20-13(14,15)16/h2-5,7-8H,6H2,1H3. The lowest BCUT2D eigenvalue weighted by molar-refractivity contribution is -0.274. The van der Waals surface area contributed by atoms with Gasteiger partial charge in [-0.25, -0.2) is 4.98 Å². The van der Waals surface area contributed by atoms with Gasteiger partial charge in [0.25, 0.3) is 0 Å². The van der Waals surface area contributed by atoms with Crippen LogP contribution in [0.5, 0.6) is 5.75 Å². The molecule has 1 aromatic heterocycles. The van der Waals surface area contributed by atoms with Crippen LogP contribution in [-0.4, -0.2) is 21.7 Å². The Morgan fingerprint density at radius 3 is 2.45 bits per heavy atom. The van der Waals surface area contributed by atoms with Crippen molar-refractivity contribution >= 4 is 5.78 Å². The summed E-state index contributed by atoms with van der Waals surface area (Å²) in [5.74, 6) is -0.469. The topological polar surface area (TPSA) is 44.1 Å². The highest BCUT2D eigenvalue weighted by molar-refractivity contribution is 5.95. The van der Waals surface area contributed by atoms with E-state index < -0.39 is 6.36 Å². The third kappa shape index (κ3) is 3.59. The van der Waals surface area contributed by atoms with Gasteiger partial charge in [-0.3, -0.25) is 4.79 Å². The number of rotatable bonds is 4. The minimum Gasteiger partial charge on any atom is -0.406 e. The Labute approximate surface area is 112 Å². The summed E-state index contributed by atoms with van der Waals surface area (Å²) >= 11 is 0. The number of imidazole rings is 1. The molecule has 0 bridgehead atoms. The summed E-state index contributed by atoms with van der Waals surface area (Å²) in [5.41, 5.74) is 1.05. The van der Waals surface area contributed by atoms with Gasteiger partial charge in [0.1, 0.15) is 11.4 Å². The fraction of sp³-hybridized carbons (Fsp3) is 0.231. The number of aromatic nitrogens is 2. The average molecular weight is 284 g/mol. The number of halogens is 3. The van der Waals surface area contributed by atoms with E-state index in [1.807, 2.05) is 0 Å². The Hall–Kier alpha value is -2.31. The molecule has 0 radical (unpaired) electrons. The van der Waals surface area contributed by atoms with Crippen molar-refractivity contribution < 1.29 is 22.7 Å². The van der Waals surface area contributed by atoms with Crippen molar-refractivity contribution in [3.05, 3.63) is 48.0 Å². The van der Waals surface area contributed by atoms with E-state index in [0.29, 0.717) is 11.3 Å². The van der Waals surface area contributed by atoms with Gasteiger partial charge in [0.2, 0.25) is 0 Å². The van der Waals surface area contributed by atoms with Crippen molar-refractivity contribution in [1.82, 2.24) is 9.55 Å². The molecule has 0 atom stereocenters. The Morgan fingerprint density at radius 2 is 1.95 bits per heavy atom. The molecule has 0 aliphatic carbocycles. The smallest absolute Gasteiger partial charge is 0.406 e. The van der Waals surface area contributed by atoms with Crippen LogP contribution in [-0.2, 0) is 13.5 Å². The quantitative estimate of drug-likeness (QED) is 0.811. The average Bonchev–Trinajstić information content (AvgIpc) is 2.76. The summed E-state index contributed by atoms with van der Waals surface area (Å²) in [6.45, 7) is 0. The Bertz CT molecular complexity index is 603. The van der Waals surface area contributed by atoms with Crippen molar-refractivity contribution in [3.63, 3.8) is 0 Å². The van der Waals surface area contributed by atoms with E-state index in [1.165, 1.54) is 36.8 Å². The zero-order valence-electron chi connectivity index (χ0n) is 10.5. The summed E-state index contributed by atoms with van der Waals surface area (Å²) in [4.78, 5) is 15.8. The number of aryl methyl sites for hydroxylation is 1. The number of carbonyl (C=O) groups is 1. The van der Waals surface area contributed by atoms with Crippen LogP contribution in [0, 0.1) is 0 Å². The van der Waals surface area contributed by atoms with E-state index in [1.54, 1.807) is 11.6 Å². The van der Waals surface area contributed by atoms with Crippen LogP contribution in [0.2, 0.25) is 0 Å². The minimum atomic E-state index is -4.72. The van der Waals surface area contributed by atoms with E-state index >= 15 is 0 Å². The second-order valence-electron chi connectivity index (χ2n) is 4.18. The molecular weight excluding hydrogens is 273 g/mol. The SMILES string of the molecule is Cn1cncc1C(=O)Cc1ccc(OC(F)(F)F)cc1. The molecule has 106 valence electrons. The van der Waals surface area contributed by atoms with Crippen LogP contribution in [0.4, 0.5) is 13.2 Å². The van der Waals surface area contributed by atoms with Gasteiger partial charge in [-0.2, -0.15) is 0 Å². The second kappa shape index (κ2) is 5.36. The molecule has 0 spiro atoms. The molecule has 0 saturated carbocycles. The van der Waals surface area contributed by atoms with Gasteiger partial charge in [-0.1, -0.05) is 12.1 Å². The van der Waals surface area contributed by atoms with Crippen molar-refractivity contribution in [2.45, 2.75) is 12.8 Å². The molecule has 2 aromatic rings. The molecule has 1 heterocycles. The zero-order valence-corrected chi connectivity index (χ0v) is 10.5. The monoisotopic (exact) mass is 284 g/mol. The first kappa shape index (κ1) is 14.1. The first-order chi connectivity index (χ1) is 9.35. The summed E-state index contributed by atoms with van der Waals surface area (Å²) in [6.07, 6.45) is -1.67. The Morgan fingerprint density at radius 1 is 1.30 bits per heavy atom. The lowest BCUT2D eigenvalue weighted by Gasteiger charge is -2.09. The summed E-state index contributed by atoms with van der Waals surface area (Å²) in [7, 11) is 1.69. The van der Waals surface area contributed by atoms with Gasteiger partial charge in [-0.05, 0) is 17.7 Å². The molecule has 0 saturated heterocycles. The maximum Gasteiger partial charge on any atom is 0.573 e. The molecule has 4 nitrogen and oxygen atoms in total. The maximum absolute atomic E-state index is 12.0. The van der Waals surface area contributed by atoms with Gasteiger partial charge in [-0.15, -0.1) is 13.2 Å². The van der Waals surface area contributed by atoms with Crippen molar-refractivity contribution in [1.29, 1.82) is 0 Å². The number of hydrogen-bond acceptors (Lipinski definition) is 3. The van der Waals surface area contributed by atoms with E-state index in [2.05, 4.69) is 9.72 Å². The van der Waals surface area contributed by atoms with Crippen LogP contribution in [0.3, 0.4) is 0 Å². The molecule has 2 rings (SSSR count). The number of benzene rings is 1. The van der Waals surface area contributed by atoms with Crippen molar-refractivity contribution in [2.75, 3.05) is 0 Å². The molecular formula is C13H11F3N2O2. The molecule has 7 heteroatoms. The number of ketones is 1. The number of carbonyl (C=O) groups excluding carboxylic acids is 1. The first-order valence-electron chi connectivity index (χ1n) is 5.69. The molecule has 1 aromatic carbocycles. The number of nitrogens with zero attached hydrogens (tertiary/aromatic N) is 2. The predicted octanol–water partition coefficient (Wildman–Crippen LogP) is 2.74. The van der Waals surface area contributed by atoms with Crippen LogP contribution in [0.15, 0.2) is 36.8 Å². The van der Waals surface area contributed by atoms with E-state index in [0.717, 1.165) is 0 Å². The maximum atomic E-state index is 12.0. The van der Waals surface area contributed by atoms with Crippen LogP contribution in [0.25, 0.3) is 0 Å². The van der Waals surface area contributed by atoms with E-state index in [4.69, 9.17) is 0 Å². The third-order valence-corrected chi connectivity index (χ3v) is 2.62. The molecule has 0 aliphatic rings. The van der Waals surface area contributed by atoms with Crippen molar-refractivity contribution in [2.24, 2.45) is 7.05 Å². The summed E-state index contributed by atoms with van der Waals surface area (Å²) in [5, 5.41) is 0. The summed E-state index contributed by atoms with van der Waals surface area (Å²) < 4.78 is 41.3. The van der Waals surface area contributed by atoms with Crippen LogP contribution >= 0.6 is 0 Å². The van der Waals surface area contributed by atoms with Crippen LogP contribution in [0.1, 0.15) is 16.1 Å². The lowest BCUT2D eigenvalue weighted by Crippen LogP contribution is -2.17. The molecule has 0 amide bonds. The van der Waals surface area contributed by atoms with Gasteiger partial charge in [0.15, 0.2) is 5.78 Å². The largest absolute Gasteiger partial charge is 0.573 e. The molecule has 0 unspecified atom stereocenters. The van der Waals surface area contributed by atoms with Gasteiger partial charge in [0, 0.05) is 13.5 Å². The molecule has 0 fully saturated rings. The number of alkyl halides is 3.